The lowest BCUT2D eigenvalue weighted by Crippen LogP contribution is -2.27. The molecule has 2 aromatic carbocycles. The Balaban J connectivity index is 1.98. The van der Waals surface area contributed by atoms with Crippen molar-refractivity contribution in [3.63, 3.8) is 0 Å². The molecule has 0 fully saturated rings. The molecule has 1 aliphatic rings. The van der Waals surface area contributed by atoms with Gasteiger partial charge in [-0.1, -0.05) is 6.07 Å². The quantitative estimate of drug-likeness (QED) is 0.587. The minimum atomic E-state index is -1.82. The Labute approximate surface area is 154 Å². The standard InChI is InChI=1S/C16H11BrN2O7/c17-9-6-12-13(26-5-4-25-12)7-10(9)18-15(20)8-2-1-3-11(19(23)24)14(8)16(21)22/h1-3,6-7H,4-5H2,(H,18,20)(H,21,22)/p-1. The second-order valence-corrected chi connectivity index (χ2v) is 6.03. The van der Waals surface area contributed by atoms with E-state index in [0.29, 0.717) is 29.2 Å². The number of fused-ring (bicyclic) bond motifs is 1. The van der Waals surface area contributed by atoms with Crippen molar-refractivity contribution in [1.29, 1.82) is 0 Å². The molecule has 1 heterocycles. The van der Waals surface area contributed by atoms with E-state index in [1.165, 1.54) is 18.2 Å². The van der Waals surface area contributed by atoms with Crippen molar-refractivity contribution >= 4 is 39.2 Å². The van der Waals surface area contributed by atoms with Crippen LogP contribution in [0.2, 0.25) is 0 Å². The lowest BCUT2D eigenvalue weighted by molar-refractivity contribution is -0.385. The van der Waals surface area contributed by atoms with Crippen LogP contribution >= 0.6 is 15.9 Å². The fraction of sp³-hybridized carbons (Fsp3) is 0.125. The molecule has 1 N–H and O–H groups in total. The van der Waals surface area contributed by atoms with Gasteiger partial charge in [0.25, 0.3) is 11.6 Å². The number of carbonyl (C=O) groups is 2. The predicted octanol–water partition coefficient (Wildman–Crippen LogP) is 1.74. The van der Waals surface area contributed by atoms with Gasteiger partial charge in [0.15, 0.2) is 11.5 Å². The highest BCUT2D eigenvalue weighted by atomic mass is 79.9. The normalized spacial score (nSPS) is 12.3. The van der Waals surface area contributed by atoms with E-state index >= 15 is 0 Å². The maximum Gasteiger partial charge on any atom is 0.279 e. The number of anilines is 1. The number of benzene rings is 2. The summed E-state index contributed by atoms with van der Waals surface area (Å²) in [6.07, 6.45) is 0. The molecular weight excluding hydrogens is 412 g/mol. The zero-order valence-corrected chi connectivity index (χ0v) is 14.6. The summed E-state index contributed by atoms with van der Waals surface area (Å²) in [5, 5.41) is 24.8. The van der Waals surface area contributed by atoms with Gasteiger partial charge in [-0.05, 0) is 22.0 Å². The van der Waals surface area contributed by atoms with Crippen LogP contribution in [0.4, 0.5) is 11.4 Å². The summed E-state index contributed by atoms with van der Waals surface area (Å²) in [5.41, 5.74) is -1.61. The molecule has 9 nitrogen and oxygen atoms in total. The van der Waals surface area contributed by atoms with Gasteiger partial charge in [-0.25, -0.2) is 0 Å². The average Bonchev–Trinajstić information content (AvgIpc) is 2.61. The smallest absolute Gasteiger partial charge is 0.279 e. The Morgan fingerprint density at radius 3 is 2.42 bits per heavy atom. The Hall–Kier alpha value is -3.14. The van der Waals surface area contributed by atoms with Crippen LogP contribution in [0.25, 0.3) is 0 Å². The first-order valence-electron chi connectivity index (χ1n) is 7.27. The van der Waals surface area contributed by atoms with Gasteiger partial charge >= 0.3 is 0 Å². The van der Waals surface area contributed by atoms with Crippen LogP contribution in [0.5, 0.6) is 11.5 Å². The van der Waals surface area contributed by atoms with Gasteiger partial charge in [0.1, 0.15) is 13.2 Å². The van der Waals surface area contributed by atoms with Crippen LogP contribution in [-0.2, 0) is 0 Å². The maximum absolute atomic E-state index is 12.5. The highest BCUT2D eigenvalue weighted by Crippen LogP contribution is 2.38. The van der Waals surface area contributed by atoms with Crippen LogP contribution in [0.15, 0.2) is 34.8 Å². The molecule has 0 atom stereocenters. The number of nitrogens with one attached hydrogen (secondary N) is 1. The summed E-state index contributed by atoms with van der Waals surface area (Å²) in [4.78, 5) is 34.0. The zero-order valence-electron chi connectivity index (χ0n) is 13.0. The molecule has 0 saturated carbocycles. The van der Waals surface area contributed by atoms with Crippen LogP contribution in [0, 0.1) is 10.1 Å². The van der Waals surface area contributed by atoms with Gasteiger partial charge in [-0.15, -0.1) is 0 Å². The van der Waals surface area contributed by atoms with Crippen LogP contribution in [-0.4, -0.2) is 30.0 Å². The van der Waals surface area contributed by atoms with Crippen LogP contribution < -0.4 is 19.9 Å². The fourth-order valence-electron chi connectivity index (χ4n) is 2.45. The fourth-order valence-corrected chi connectivity index (χ4v) is 2.87. The molecule has 0 bridgehead atoms. The Bertz CT molecular complexity index is 929. The molecule has 26 heavy (non-hydrogen) atoms. The molecule has 0 unspecified atom stereocenters. The zero-order chi connectivity index (χ0) is 18.8. The van der Waals surface area contributed by atoms with Gasteiger partial charge in [-0.3, -0.25) is 14.9 Å². The van der Waals surface area contributed by atoms with Gasteiger partial charge in [0.2, 0.25) is 0 Å². The van der Waals surface area contributed by atoms with E-state index < -0.39 is 28.1 Å². The lowest BCUT2D eigenvalue weighted by Gasteiger charge is -2.20. The predicted molar refractivity (Wildman–Crippen MR) is 90.5 cm³/mol. The van der Waals surface area contributed by atoms with Crippen molar-refractivity contribution in [3.8, 4) is 11.5 Å². The molecule has 2 aromatic rings. The number of nitrogens with zero attached hydrogens (tertiary/aromatic N) is 1. The van der Waals surface area contributed by atoms with Crippen molar-refractivity contribution in [2.75, 3.05) is 18.5 Å². The molecule has 134 valence electrons. The van der Waals surface area contributed by atoms with Gasteiger partial charge < -0.3 is 24.7 Å². The Morgan fingerprint density at radius 2 is 1.81 bits per heavy atom. The number of nitro groups is 1. The number of nitro benzene ring substituents is 1. The first-order valence-corrected chi connectivity index (χ1v) is 8.07. The van der Waals surface area contributed by atoms with Gasteiger partial charge in [-0.2, -0.15) is 0 Å². The second kappa shape index (κ2) is 7.00. The first-order chi connectivity index (χ1) is 12.4. The van der Waals surface area contributed by atoms with E-state index in [-0.39, 0.29) is 11.3 Å². The number of ether oxygens (including phenoxy) is 2. The lowest BCUT2D eigenvalue weighted by atomic mass is 10.0. The molecular formula is C16H10BrN2O7-. The number of hydrogen-bond donors (Lipinski definition) is 1. The van der Waals surface area contributed by atoms with Crippen molar-refractivity contribution < 1.29 is 29.1 Å². The van der Waals surface area contributed by atoms with E-state index in [1.807, 2.05) is 0 Å². The molecule has 0 spiro atoms. The Morgan fingerprint density at radius 1 is 1.15 bits per heavy atom. The van der Waals surface area contributed by atoms with Crippen molar-refractivity contribution in [3.05, 3.63) is 56.0 Å². The molecule has 1 amide bonds. The van der Waals surface area contributed by atoms with Gasteiger partial charge in [0.05, 0.1) is 27.7 Å². The van der Waals surface area contributed by atoms with E-state index in [4.69, 9.17) is 9.47 Å². The number of amides is 1. The minimum absolute atomic E-state index is 0.287. The largest absolute Gasteiger partial charge is 0.545 e. The minimum Gasteiger partial charge on any atom is -0.545 e. The van der Waals surface area contributed by atoms with Gasteiger partial charge in [0, 0.05) is 22.7 Å². The third kappa shape index (κ3) is 3.31. The summed E-state index contributed by atoms with van der Waals surface area (Å²) in [7, 11) is 0. The number of aromatic carboxylic acids is 1. The molecule has 0 radical (unpaired) electrons. The molecule has 10 heteroatoms. The van der Waals surface area contributed by atoms with Crippen molar-refractivity contribution in [2.45, 2.75) is 0 Å². The average molecular weight is 422 g/mol. The third-order valence-electron chi connectivity index (χ3n) is 3.57. The SMILES string of the molecule is O=C(Nc1cc2c(cc1Br)OCCO2)c1cccc([N+](=O)[O-])c1C(=O)[O-]. The van der Waals surface area contributed by atoms with Crippen LogP contribution in [0.1, 0.15) is 20.7 Å². The van der Waals surface area contributed by atoms with E-state index in [2.05, 4.69) is 21.2 Å². The van der Waals surface area contributed by atoms with Crippen molar-refractivity contribution in [2.24, 2.45) is 0 Å². The van der Waals surface area contributed by atoms with E-state index in [0.717, 1.165) is 6.07 Å². The molecule has 0 aromatic heterocycles. The number of hydrogen-bond acceptors (Lipinski definition) is 7. The molecule has 0 aliphatic carbocycles. The monoisotopic (exact) mass is 421 g/mol. The number of halogens is 1. The summed E-state index contributed by atoms with van der Waals surface area (Å²) in [5.74, 6) is -1.75. The highest BCUT2D eigenvalue weighted by molar-refractivity contribution is 9.10. The Kier molecular flexibility index (Phi) is 4.76. The summed E-state index contributed by atoms with van der Waals surface area (Å²) < 4.78 is 11.3. The van der Waals surface area contributed by atoms with E-state index in [9.17, 15) is 24.8 Å². The number of carboxylic acid groups (broad SMARTS) is 1. The molecule has 0 saturated heterocycles. The number of rotatable bonds is 4. The topological polar surface area (TPSA) is 131 Å². The summed E-state index contributed by atoms with van der Waals surface area (Å²) in [6, 6.07) is 6.48. The van der Waals surface area contributed by atoms with Crippen LogP contribution in [0.3, 0.4) is 0 Å². The first kappa shape index (κ1) is 17.7. The number of carboxylic acids is 1. The summed E-state index contributed by atoms with van der Waals surface area (Å²) >= 11 is 3.27. The van der Waals surface area contributed by atoms with Crippen molar-refractivity contribution in [1.82, 2.24) is 0 Å². The summed E-state index contributed by atoms with van der Waals surface area (Å²) in [6.45, 7) is 0.746. The molecule has 3 rings (SSSR count). The number of carbonyl (C=O) groups excluding carboxylic acids is 2. The van der Waals surface area contributed by atoms with E-state index in [1.54, 1.807) is 6.07 Å². The maximum atomic E-state index is 12.5. The second-order valence-electron chi connectivity index (χ2n) is 5.17. The third-order valence-corrected chi connectivity index (χ3v) is 4.22. The molecule has 1 aliphatic heterocycles. The highest BCUT2D eigenvalue weighted by Gasteiger charge is 2.23.